The van der Waals surface area contributed by atoms with Gasteiger partial charge in [-0.25, -0.2) is 4.79 Å². The van der Waals surface area contributed by atoms with Gasteiger partial charge in [0, 0.05) is 10.2 Å². The number of nitrogens with one attached hydrogen (secondary N) is 2. The first kappa shape index (κ1) is 15.5. The standard InChI is InChI=1S/C16H17BrN2O2/c1-10-6-7-15(14(17)8-10)19-16(21)18-13-5-3-4-12(9-13)11(2)20/h3-9,11,20H,1-2H3,(H2,18,19,21). The Labute approximate surface area is 132 Å². The SMILES string of the molecule is Cc1ccc(NC(=O)Nc2cccc(C(C)O)c2)c(Br)c1. The molecule has 0 saturated carbocycles. The Hall–Kier alpha value is -1.85. The van der Waals surface area contributed by atoms with Crippen LogP contribution in [0.15, 0.2) is 46.9 Å². The number of carbonyl (C=O) groups excluding carboxylic acids is 1. The first-order valence-electron chi connectivity index (χ1n) is 6.58. The van der Waals surface area contributed by atoms with Gasteiger partial charge in [0.1, 0.15) is 0 Å². The van der Waals surface area contributed by atoms with E-state index in [1.54, 1.807) is 25.1 Å². The summed E-state index contributed by atoms with van der Waals surface area (Å²) >= 11 is 3.42. The number of anilines is 2. The predicted molar refractivity (Wildman–Crippen MR) is 88.6 cm³/mol. The highest BCUT2D eigenvalue weighted by Crippen LogP contribution is 2.24. The van der Waals surface area contributed by atoms with Crippen LogP contribution in [0.1, 0.15) is 24.2 Å². The third-order valence-electron chi connectivity index (χ3n) is 3.00. The second-order valence-corrected chi connectivity index (χ2v) is 5.72. The Bertz CT molecular complexity index is 656. The number of aryl methyl sites for hydroxylation is 1. The van der Waals surface area contributed by atoms with E-state index in [4.69, 9.17) is 0 Å². The lowest BCUT2D eigenvalue weighted by atomic mass is 10.1. The van der Waals surface area contributed by atoms with Crippen LogP contribution in [-0.2, 0) is 0 Å². The van der Waals surface area contributed by atoms with Crippen LogP contribution in [0, 0.1) is 6.92 Å². The molecule has 2 aromatic rings. The quantitative estimate of drug-likeness (QED) is 0.766. The lowest BCUT2D eigenvalue weighted by Crippen LogP contribution is -2.19. The van der Waals surface area contributed by atoms with E-state index in [9.17, 15) is 9.90 Å². The molecule has 21 heavy (non-hydrogen) atoms. The van der Waals surface area contributed by atoms with Gasteiger partial charge in [-0.15, -0.1) is 0 Å². The van der Waals surface area contributed by atoms with Crippen molar-refractivity contribution in [3.63, 3.8) is 0 Å². The smallest absolute Gasteiger partial charge is 0.323 e. The Morgan fingerprint density at radius 3 is 2.62 bits per heavy atom. The summed E-state index contributed by atoms with van der Waals surface area (Å²) in [7, 11) is 0. The van der Waals surface area contributed by atoms with Gasteiger partial charge in [0.05, 0.1) is 11.8 Å². The maximum atomic E-state index is 12.0. The van der Waals surface area contributed by atoms with E-state index in [-0.39, 0.29) is 6.03 Å². The van der Waals surface area contributed by atoms with Crippen LogP contribution >= 0.6 is 15.9 Å². The molecule has 0 fully saturated rings. The molecule has 5 heteroatoms. The molecule has 0 heterocycles. The summed E-state index contributed by atoms with van der Waals surface area (Å²) in [5, 5.41) is 15.1. The fourth-order valence-electron chi connectivity index (χ4n) is 1.88. The molecule has 4 nitrogen and oxygen atoms in total. The van der Waals surface area contributed by atoms with Crippen molar-refractivity contribution in [1.82, 2.24) is 0 Å². The molecule has 1 unspecified atom stereocenters. The number of carbonyl (C=O) groups is 1. The summed E-state index contributed by atoms with van der Waals surface area (Å²) in [6.45, 7) is 3.67. The second-order valence-electron chi connectivity index (χ2n) is 4.86. The molecular formula is C16H17BrN2O2. The number of hydrogen-bond donors (Lipinski definition) is 3. The average Bonchev–Trinajstić information content (AvgIpc) is 2.42. The Kier molecular flexibility index (Phi) is 4.98. The van der Waals surface area contributed by atoms with E-state index in [2.05, 4.69) is 26.6 Å². The lowest BCUT2D eigenvalue weighted by Gasteiger charge is -2.11. The summed E-state index contributed by atoms with van der Waals surface area (Å²) in [5.41, 5.74) is 3.20. The van der Waals surface area contributed by atoms with E-state index in [0.29, 0.717) is 11.4 Å². The minimum atomic E-state index is -0.568. The fourth-order valence-corrected chi connectivity index (χ4v) is 2.47. The van der Waals surface area contributed by atoms with Gasteiger partial charge in [0.2, 0.25) is 0 Å². The van der Waals surface area contributed by atoms with E-state index in [1.807, 2.05) is 31.2 Å². The van der Waals surface area contributed by atoms with Crippen LogP contribution in [0.4, 0.5) is 16.2 Å². The van der Waals surface area contributed by atoms with Gasteiger partial charge in [-0.05, 0) is 65.2 Å². The molecule has 2 aromatic carbocycles. The number of benzene rings is 2. The van der Waals surface area contributed by atoms with Crippen LogP contribution < -0.4 is 10.6 Å². The Balaban J connectivity index is 2.06. The summed E-state index contributed by atoms with van der Waals surface area (Å²) in [6.07, 6.45) is -0.568. The summed E-state index contributed by atoms with van der Waals surface area (Å²) in [6, 6.07) is 12.5. The monoisotopic (exact) mass is 348 g/mol. The molecule has 0 radical (unpaired) electrons. The molecule has 0 spiro atoms. The zero-order valence-corrected chi connectivity index (χ0v) is 13.4. The minimum absolute atomic E-state index is 0.331. The van der Waals surface area contributed by atoms with Crippen molar-refractivity contribution in [2.24, 2.45) is 0 Å². The highest BCUT2D eigenvalue weighted by molar-refractivity contribution is 9.10. The number of rotatable bonds is 3. The van der Waals surface area contributed by atoms with Gasteiger partial charge in [0.25, 0.3) is 0 Å². The first-order valence-corrected chi connectivity index (χ1v) is 7.37. The number of halogens is 1. The number of aliphatic hydroxyl groups is 1. The number of aliphatic hydroxyl groups excluding tert-OH is 1. The fraction of sp³-hybridized carbons (Fsp3) is 0.188. The minimum Gasteiger partial charge on any atom is -0.389 e. The van der Waals surface area contributed by atoms with Gasteiger partial charge in [-0.3, -0.25) is 0 Å². The van der Waals surface area contributed by atoms with Crippen LogP contribution in [0.2, 0.25) is 0 Å². The van der Waals surface area contributed by atoms with Gasteiger partial charge in [0.15, 0.2) is 0 Å². The van der Waals surface area contributed by atoms with Gasteiger partial charge < -0.3 is 15.7 Å². The highest BCUT2D eigenvalue weighted by atomic mass is 79.9. The van der Waals surface area contributed by atoms with Crippen LogP contribution in [0.5, 0.6) is 0 Å². The topological polar surface area (TPSA) is 61.4 Å². The van der Waals surface area contributed by atoms with E-state index < -0.39 is 6.10 Å². The number of urea groups is 1. The van der Waals surface area contributed by atoms with Crippen LogP contribution in [0.3, 0.4) is 0 Å². The first-order chi connectivity index (χ1) is 9.95. The summed E-state index contributed by atoms with van der Waals surface area (Å²) < 4.78 is 0.829. The van der Waals surface area contributed by atoms with Crippen LogP contribution in [-0.4, -0.2) is 11.1 Å². The number of amides is 2. The van der Waals surface area contributed by atoms with Gasteiger partial charge in [-0.1, -0.05) is 18.2 Å². The molecule has 0 aromatic heterocycles. The van der Waals surface area contributed by atoms with Crippen molar-refractivity contribution in [2.75, 3.05) is 10.6 Å². The van der Waals surface area contributed by atoms with E-state index in [0.717, 1.165) is 15.6 Å². The van der Waals surface area contributed by atoms with Crippen molar-refractivity contribution in [3.8, 4) is 0 Å². The van der Waals surface area contributed by atoms with E-state index >= 15 is 0 Å². The largest absolute Gasteiger partial charge is 0.389 e. The number of hydrogen-bond acceptors (Lipinski definition) is 2. The van der Waals surface area contributed by atoms with Gasteiger partial charge >= 0.3 is 6.03 Å². The van der Waals surface area contributed by atoms with Crippen molar-refractivity contribution in [3.05, 3.63) is 58.1 Å². The van der Waals surface area contributed by atoms with Gasteiger partial charge in [-0.2, -0.15) is 0 Å². The Morgan fingerprint density at radius 2 is 1.95 bits per heavy atom. The second kappa shape index (κ2) is 6.74. The normalized spacial score (nSPS) is 11.8. The Morgan fingerprint density at radius 1 is 1.19 bits per heavy atom. The third kappa shape index (κ3) is 4.31. The maximum Gasteiger partial charge on any atom is 0.323 e. The molecule has 0 aliphatic carbocycles. The average molecular weight is 349 g/mol. The highest BCUT2D eigenvalue weighted by Gasteiger charge is 2.07. The molecule has 0 saturated heterocycles. The van der Waals surface area contributed by atoms with E-state index in [1.165, 1.54) is 0 Å². The predicted octanol–water partition coefficient (Wildman–Crippen LogP) is 4.45. The zero-order chi connectivity index (χ0) is 15.4. The van der Waals surface area contributed by atoms with Crippen molar-refractivity contribution in [1.29, 1.82) is 0 Å². The molecule has 0 bridgehead atoms. The lowest BCUT2D eigenvalue weighted by molar-refractivity contribution is 0.199. The molecule has 110 valence electrons. The molecule has 1 atom stereocenters. The van der Waals surface area contributed by atoms with Crippen molar-refractivity contribution in [2.45, 2.75) is 20.0 Å². The maximum absolute atomic E-state index is 12.0. The third-order valence-corrected chi connectivity index (χ3v) is 3.66. The van der Waals surface area contributed by atoms with Crippen molar-refractivity contribution < 1.29 is 9.90 Å². The molecule has 3 N–H and O–H groups in total. The molecule has 2 rings (SSSR count). The van der Waals surface area contributed by atoms with Crippen LogP contribution in [0.25, 0.3) is 0 Å². The zero-order valence-electron chi connectivity index (χ0n) is 11.9. The van der Waals surface area contributed by atoms with Crippen molar-refractivity contribution >= 4 is 33.3 Å². The molecule has 0 aliphatic rings. The molecular weight excluding hydrogens is 332 g/mol. The summed E-state index contributed by atoms with van der Waals surface area (Å²) in [4.78, 5) is 12.0. The molecule has 2 amide bonds. The molecule has 0 aliphatic heterocycles. The summed E-state index contributed by atoms with van der Waals surface area (Å²) in [5.74, 6) is 0.